The lowest BCUT2D eigenvalue weighted by Crippen LogP contribution is -2.44. The van der Waals surface area contributed by atoms with Gasteiger partial charge in [0.05, 0.1) is 6.61 Å². The third-order valence-corrected chi connectivity index (χ3v) is 6.68. The van der Waals surface area contributed by atoms with Gasteiger partial charge in [-0.15, -0.1) is 11.3 Å². The van der Waals surface area contributed by atoms with E-state index in [9.17, 15) is 4.79 Å². The van der Waals surface area contributed by atoms with Crippen molar-refractivity contribution in [2.75, 3.05) is 25.4 Å². The average Bonchev–Trinajstić information content (AvgIpc) is 3.12. The van der Waals surface area contributed by atoms with E-state index in [-0.39, 0.29) is 16.9 Å². The summed E-state index contributed by atoms with van der Waals surface area (Å²) in [5.74, 6) is 1.21. The predicted octanol–water partition coefficient (Wildman–Crippen LogP) is 2.95. The third kappa shape index (κ3) is 3.73. The van der Waals surface area contributed by atoms with Crippen molar-refractivity contribution in [1.82, 2.24) is 10.6 Å². The maximum Gasteiger partial charge on any atom is 0.314 e. The molecular formula is C15H22N2O2S2. The van der Waals surface area contributed by atoms with Gasteiger partial charge in [0.15, 0.2) is 0 Å². The van der Waals surface area contributed by atoms with Crippen LogP contribution in [0.4, 0.5) is 4.79 Å². The second kappa shape index (κ2) is 6.58. The zero-order chi connectivity index (χ0) is 14.7. The molecule has 1 aromatic heterocycles. The molecular weight excluding hydrogens is 304 g/mol. The molecule has 0 saturated carbocycles. The van der Waals surface area contributed by atoms with Gasteiger partial charge >= 0.3 is 6.03 Å². The van der Waals surface area contributed by atoms with Gasteiger partial charge in [-0.3, -0.25) is 0 Å². The number of urea groups is 1. The zero-order valence-electron chi connectivity index (χ0n) is 12.3. The molecule has 116 valence electrons. The monoisotopic (exact) mass is 326 g/mol. The van der Waals surface area contributed by atoms with Gasteiger partial charge in [-0.25, -0.2) is 4.79 Å². The van der Waals surface area contributed by atoms with Crippen LogP contribution in [0.2, 0.25) is 0 Å². The first-order valence-corrected chi connectivity index (χ1v) is 9.36. The molecule has 2 N–H and O–H groups in total. The van der Waals surface area contributed by atoms with Gasteiger partial charge in [0.25, 0.3) is 0 Å². The SMILES string of the molecule is C[C@]1(CNC(=O)NC[C@@H]2OCCc3sccc32)CCCS1. The molecule has 1 fully saturated rings. The van der Waals surface area contributed by atoms with Crippen molar-refractivity contribution in [3.05, 3.63) is 21.9 Å². The van der Waals surface area contributed by atoms with Crippen molar-refractivity contribution in [3.63, 3.8) is 0 Å². The van der Waals surface area contributed by atoms with Gasteiger partial charge in [-0.2, -0.15) is 11.8 Å². The zero-order valence-corrected chi connectivity index (χ0v) is 13.9. The predicted molar refractivity (Wildman–Crippen MR) is 88.2 cm³/mol. The number of fused-ring (bicyclic) bond motifs is 1. The molecule has 0 aromatic carbocycles. The lowest BCUT2D eigenvalue weighted by molar-refractivity contribution is 0.0454. The summed E-state index contributed by atoms with van der Waals surface area (Å²) in [6, 6.07) is 2.02. The summed E-state index contributed by atoms with van der Waals surface area (Å²) in [7, 11) is 0. The number of nitrogens with one attached hydrogen (secondary N) is 2. The highest BCUT2D eigenvalue weighted by Gasteiger charge is 2.30. The largest absolute Gasteiger partial charge is 0.371 e. The number of amides is 2. The standard InChI is InChI=1S/C15H22N2O2S2/c1-15(5-2-7-21-15)10-17-14(18)16-9-12-11-4-8-20-13(11)3-6-19-12/h4,8,12H,2-3,5-7,9-10H2,1H3,(H2,16,17,18)/t12-,15+/m0/s1. The van der Waals surface area contributed by atoms with E-state index >= 15 is 0 Å². The first kappa shape index (κ1) is 15.2. The fourth-order valence-corrected chi connectivity index (χ4v) is 5.04. The molecule has 4 nitrogen and oxygen atoms in total. The van der Waals surface area contributed by atoms with E-state index in [1.54, 1.807) is 11.3 Å². The normalized spacial score (nSPS) is 28.1. The number of thioether (sulfide) groups is 1. The maximum atomic E-state index is 12.0. The Hall–Kier alpha value is -0.720. The second-order valence-corrected chi connectivity index (χ2v) is 8.56. The Morgan fingerprint density at radius 3 is 3.24 bits per heavy atom. The van der Waals surface area contributed by atoms with Gasteiger partial charge in [-0.05, 0) is 42.5 Å². The molecule has 1 saturated heterocycles. The van der Waals surface area contributed by atoms with Crippen LogP contribution in [0.1, 0.15) is 36.3 Å². The highest BCUT2D eigenvalue weighted by atomic mass is 32.2. The van der Waals surface area contributed by atoms with E-state index in [0.717, 1.165) is 19.6 Å². The van der Waals surface area contributed by atoms with Crippen LogP contribution >= 0.6 is 23.1 Å². The third-order valence-electron chi connectivity index (χ3n) is 4.15. The van der Waals surface area contributed by atoms with Gasteiger partial charge in [0.2, 0.25) is 0 Å². The fourth-order valence-electron chi connectivity index (χ4n) is 2.88. The van der Waals surface area contributed by atoms with Crippen LogP contribution in [0.15, 0.2) is 11.4 Å². The maximum absolute atomic E-state index is 12.0. The van der Waals surface area contributed by atoms with Crippen molar-refractivity contribution in [2.24, 2.45) is 0 Å². The molecule has 6 heteroatoms. The van der Waals surface area contributed by atoms with Crippen molar-refractivity contribution in [2.45, 2.75) is 37.0 Å². The van der Waals surface area contributed by atoms with E-state index < -0.39 is 0 Å². The van der Waals surface area contributed by atoms with Crippen molar-refractivity contribution in [1.29, 1.82) is 0 Å². The first-order valence-electron chi connectivity index (χ1n) is 7.50. The van der Waals surface area contributed by atoms with Crippen LogP contribution < -0.4 is 10.6 Å². The minimum absolute atomic E-state index is 0.00203. The number of hydrogen-bond acceptors (Lipinski definition) is 4. The second-order valence-electron chi connectivity index (χ2n) is 5.87. The van der Waals surface area contributed by atoms with Crippen molar-refractivity contribution >= 4 is 29.1 Å². The summed E-state index contributed by atoms with van der Waals surface area (Å²) in [5, 5.41) is 8.04. The molecule has 21 heavy (non-hydrogen) atoms. The number of carbonyl (C=O) groups is 1. The molecule has 2 aliphatic rings. The van der Waals surface area contributed by atoms with Crippen LogP contribution in [0.25, 0.3) is 0 Å². The fraction of sp³-hybridized carbons (Fsp3) is 0.667. The summed E-state index contributed by atoms with van der Waals surface area (Å²) in [6.45, 7) is 4.25. The first-order chi connectivity index (χ1) is 10.2. The van der Waals surface area contributed by atoms with Crippen molar-refractivity contribution in [3.8, 4) is 0 Å². The molecule has 3 heterocycles. The lowest BCUT2D eigenvalue weighted by atomic mass is 10.1. The van der Waals surface area contributed by atoms with E-state index in [1.165, 1.54) is 29.0 Å². The van der Waals surface area contributed by atoms with Crippen LogP contribution in [0.5, 0.6) is 0 Å². The van der Waals surface area contributed by atoms with Crippen LogP contribution in [-0.4, -0.2) is 36.2 Å². The highest BCUT2D eigenvalue weighted by Crippen LogP contribution is 2.37. The Morgan fingerprint density at radius 2 is 2.43 bits per heavy atom. The van der Waals surface area contributed by atoms with E-state index in [4.69, 9.17) is 4.74 Å². The molecule has 0 spiro atoms. The van der Waals surface area contributed by atoms with Crippen LogP contribution in [0, 0.1) is 0 Å². The van der Waals surface area contributed by atoms with Gasteiger partial charge < -0.3 is 15.4 Å². The molecule has 0 unspecified atom stereocenters. The van der Waals surface area contributed by atoms with Crippen LogP contribution in [-0.2, 0) is 11.2 Å². The topological polar surface area (TPSA) is 50.4 Å². The smallest absolute Gasteiger partial charge is 0.314 e. The molecule has 0 bridgehead atoms. The summed E-state index contributed by atoms with van der Waals surface area (Å²) >= 11 is 3.74. The molecule has 0 radical (unpaired) electrons. The minimum atomic E-state index is -0.0883. The Kier molecular flexibility index (Phi) is 4.76. The minimum Gasteiger partial charge on any atom is -0.371 e. The Labute approximate surface area is 134 Å². The Balaban J connectivity index is 1.44. The summed E-state index contributed by atoms with van der Waals surface area (Å²) in [4.78, 5) is 13.3. The average molecular weight is 326 g/mol. The number of carbonyl (C=O) groups excluding carboxylic acids is 1. The molecule has 0 aliphatic carbocycles. The molecule has 2 atom stereocenters. The van der Waals surface area contributed by atoms with E-state index in [2.05, 4.69) is 29.0 Å². The van der Waals surface area contributed by atoms with Crippen molar-refractivity contribution < 1.29 is 9.53 Å². The summed E-state index contributed by atoms with van der Waals surface area (Å²) in [6.07, 6.45) is 3.43. The number of thiophene rings is 1. The molecule has 2 amide bonds. The Morgan fingerprint density at radius 1 is 1.52 bits per heavy atom. The van der Waals surface area contributed by atoms with Gasteiger partial charge in [0.1, 0.15) is 6.10 Å². The van der Waals surface area contributed by atoms with E-state index in [1.807, 2.05) is 11.8 Å². The van der Waals surface area contributed by atoms with Gasteiger partial charge in [0, 0.05) is 29.1 Å². The van der Waals surface area contributed by atoms with Gasteiger partial charge in [-0.1, -0.05) is 0 Å². The van der Waals surface area contributed by atoms with Crippen LogP contribution in [0.3, 0.4) is 0 Å². The Bertz CT molecular complexity index is 498. The quantitative estimate of drug-likeness (QED) is 0.894. The van der Waals surface area contributed by atoms with E-state index in [0.29, 0.717) is 6.54 Å². The number of hydrogen-bond donors (Lipinski definition) is 2. The molecule has 3 rings (SSSR count). The summed E-state index contributed by atoms with van der Waals surface area (Å²) < 4.78 is 5.98. The lowest BCUT2D eigenvalue weighted by Gasteiger charge is -2.25. The highest BCUT2D eigenvalue weighted by molar-refractivity contribution is 8.00. The molecule has 2 aliphatic heterocycles. The number of rotatable bonds is 4. The summed E-state index contributed by atoms with van der Waals surface area (Å²) in [5.41, 5.74) is 1.24. The molecule has 1 aromatic rings. The number of ether oxygens (including phenoxy) is 1.